The lowest BCUT2D eigenvalue weighted by atomic mass is 9.80. The third-order valence-electron chi connectivity index (χ3n) is 5.11. The maximum absolute atomic E-state index is 14.1. The molecular weight excluding hydrogens is 407 g/mol. The summed E-state index contributed by atoms with van der Waals surface area (Å²) in [6.45, 7) is 0.149. The van der Waals surface area contributed by atoms with Crippen molar-refractivity contribution in [2.45, 2.75) is 31.2 Å². The molecule has 0 bridgehead atoms. The number of nitrogens with one attached hydrogen (secondary N) is 1. The fourth-order valence-electron chi connectivity index (χ4n) is 3.80. The van der Waals surface area contributed by atoms with E-state index in [1.165, 1.54) is 24.5 Å². The number of hydrogen-bond acceptors (Lipinski definition) is 4. The number of aromatic amines is 1. The molecule has 0 aliphatic heterocycles. The van der Waals surface area contributed by atoms with Crippen molar-refractivity contribution in [3.8, 4) is 0 Å². The zero-order chi connectivity index (χ0) is 19.5. The third-order valence-corrected chi connectivity index (χ3v) is 5.11. The lowest BCUT2D eigenvalue weighted by Gasteiger charge is -2.34. The molecule has 150 valence electrons. The van der Waals surface area contributed by atoms with Crippen molar-refractivity contribution in [2.24, 2.45) is 0 Å². The fourth-order valence-corrected chi connectivity index (χ4v) is 3.80. The van der Waals surface area contributed by atoms with Gasteiger partial charge in [0.25, 0.3) is 0 Å². The van der Waals surface area contributed by atoms with E-state index < -0.39 is 23.2 Å². The van der Waals surface area contributed by atoms with Crippen LogP contribution in [0.5, 0.6) is 0 Å². The Hall–Kier alpha value is -2.94. The van der Waals surface area contributed by atoms with E-state index in [9.17, 15) is 18.0 Å². The number of H-pyrrole nitrogens is 1. The van der Waals surface area contributed by atoms with Crippen LogP contribution in [0.3, 0.4) is 0 Å². The van der Waals surface area contributed by atoms with Crippen LogP contribution in [0.1, 0.15) is 30.1 Å². The van der Waals surface area contributed by atoms with E-state index in [1.807, 2.05) is 0 Å². The van der Waals surface area contributed by atoms with Crippen molar-refractivity contribution in [2.75, 3.05) is 0 Å². The standard InChI is InChI=1S/C19H14F3N5O.ClH/c20-13-3-1-2-12-10(6-14(28)25-15(12)13)9-27-17(11-7-19(21,22)8-11)26-16-18(27)24-5-4-23-16;/h1-6,11H,7-9H2,(H,25,28);1H. The van der Waals surface area contributed by atoms with Crippen LogP contribution in [0.25, 0.3) is 22.2 Å². The first-order chi connectivity index (χ1) is 13.4. The number of aromatic nitrogens is 5. The molecule has 3 aromatic heterocycles. The summed E-state index contributed by atoms with van der Waals surface area (Å²) in [6, 6.07) is 5.90. The Balaban J connectivity index is 0.00000205. The molecule has 10 heteroatoms. The number of hydrogen-bond donors (Lipinski definition) is 1. The smallest absolute Gasteiger partial charge is 0.249 e. The number of imidazole rings is 1. The van der Waals surface area contributed by atoms with E-state index in [-0.39, 0.29) is 37.3 Å². The number of alkyl halides is 2. The van der Waals surface area contributed by atoms with Crippen LogP contribution in [-0.2, 0) is 6.54 Å². The minimum atomic E-state index is -2.70. The van der Waals surface area contributed by atoms with Crippen molar-refractivity contribution >= 4 is 34.6 Å². The van der Waals surface area contributed by atoms with Gasteiger partial charge in [-0.1, -0.05) is 12.1 Å². The highest BCUT2D eigenvalue weighted by molar-refractivity contribution is 5.85. The van der Waals surface area contributed by atoms with Gasteiger partial charge in [0.2, 0.25) is 11.5 Å². The van der Waals surface area contributed by atoms with Crippen LogP contribution < -0.4 is 5.56 Å². The van der Waals surface area contributed by atoms with Gasteiger partial charge in [0, 0.05) is 42.6 Å². The first kappa shape index (κ1) is 19.4. The third kappa shape index (κ3) is 3.25. The molecule has 4 aromatic rings. The van der Waals surface area contributed by atoms with E-state index in [2.05, 4.69) is 19.9 Å². The molecule has 1 aliphatic rings. The Bertz CT molecular complexity index is 1280. The molecule has 6 nitrogen and oxygen atoms in total. The van der Waals surface area contributed by atoms with Gasteiger partial charge in [-0.05, 0) is 11.6 Å². The number of pyridine rings is 1. The lowest BCUT2D eigenvalue weighted by molar-refractivity contribution is -0.0889. The SMILES string of the molecule is Cl.O=c1cc(Cn2c(C3CC(F)(F)C3)nc3nccnc32)c2cccc(F)c2[nH]1. The molecule has 1 N–H and O–H groups in total. The fraction of sp³-hybridized carbons (Fsp3) is 0.263. The summed E-state index contributed by atoms with van der Waals surface area (Å²) < 4.78 is 42.7. The highest BCUT2D eigenvalue weighted by Gasteiger charge is 2.48. The van der Waals surface area contributed by atoms with Crippen LogP contribution in [0.15, 0.2) is 41.5 Å². The second-order valence-electron chi connectivity index (χ2n) is 7.04. The van der Waals surface area contributed by atoms with E-state index in [4.69, 9.17) is 0 Å². The number of halogens is 4. The van der Waals surface area contributed by atoms with Gasteiger partial charge in [0.15, 0.2) is 11.3 Å². The van der Waals surface area contributed by atoms with Gasteiger partial charge in [0.1, 0.15) is 11.6 Å². The van der Waals surface area contributed by atoms with Crippen LogP contribution in [0.4, 0.5) is 13.2 Å². The summed E-state index contributed by atoms with van der Waals surface area (Å²) in [5.41, 5.74) is 1.01. The summed E-state index contributed by atoms with van der Waals surface area (Å²) in [6.07, 6.45) is 2.40. The summed E-state index contributed by atoms with van der Waals surface area (Å²) in [5.74, 6) is -3.20. The van der Waals surface area contributed by atoms with E-state index in [0.29, 0.717) is 28.1 Å². The summed E-state index contributed by atoms with van der Waals surface area (Å²) in [4.78, 5) is 27.4. The number of fused-ring (bicyclic) bond motifs is 2. The van der Waals surface area contributed by atoms with E-state index in [0.717, 1.165) is 0 Å². The molecule has 0 atom stereocenters. The van der Waals surface area contributed by atoms with Gasteiger partial charge in [-0.25, -0.2) is 28.1 Å². The average molecular weight is 422 g/mol. The van der Waals surface area contributed by atoms with Gasteiger partial charge >= 0.3 is 0 Å². The summed E-state index contributed by atoms with van der Waals surface area (Å²) in [7, 11) is 0. The molecule has 0 saturated heterocycles. The predicted octanol–water partition coefficient (Wildman–Crippen LogP) is 3.79. The molecule has 1 aliphatic carbocycles. The monoisotopic (exact) mass is 421 g/mol. The first-order valence-electron chi connectivity index (χ1n) is 8.77. The predicted molar refractivity (Wildman–Crippen MR) is 103 cm³/mol. The molecule has 1 saturated carbocycles. The molecule has 0 radical (unpaired) electrons. The molecule has 1 aromatic carbocycles. The molecule has 1 fully saturated rings. The quantitative estimate of drug-likeness (QED) is 0.546. The van der Waals surface area contributed by atoms with Crippen molar-refractivity contribution < 1.29 is 13.2 Å². The average Bonchev–Trinajstić information content (AvgIpc) is 2.99. The van der Waals surface area contributed by atoms with Gasteiger partial charge in [0.05, 0.1) is 12.1 Å². The number of nitrogens with zero attached hydrogens (tertiary/aromatic N) is 4. The zero-order valence-corrected chi connectivity index (χ0v) is 15.7. The minimum absolute atomic E-state index is 0. The van der Waals surface area contributed by atoms with Gasteiger partial charge in [-0.3, -0.25) is 4.79 Å². The lowest BCUT2D eigenvalue weighted by Crippen LogP contribution is -2.35. The van der Waals surface area contributed by atoms with E-state index in [1.54, 1.807) is 16.7 Å². The van der Waals surface area contributed by atoms with Gasteiger partial charge in [-0.15, -0.1) is 12.4 Å². The molecule has 0 unspecified atom stereocenters. The molecule has 5 rings (SSSR count). The van der Waals surface area contributed by atoms with E-state index >= 15 is 0 Å². The molecule has 0 amide bonds. The Morgan fingerprint density at radius 2 is 1.97 bits per heavy atom. The normalized spacial score (nSPS) is 16.0. The zero-order valence-electron chi connectivity index (χ0n) is 14.9. The van der Waals surface area contributed by atoms with Crippen molar-refractivity contribution in [1.29, 1.82) is 0 Å². The second-order valence-corrected chi connectivity index (χ2v) is 7.04. The Labute approximate surface area is 168 Å². The maximum Gasteiger partial charge on any atom is 0.249 e. The Kier molecular flexibility index (Phi) is 4.57. The van der Waals surface area contributed by atoms with Crippen molar-refractivity contribution in [3.63, 3.8) is 0 Å². The Morgan fingerprint density at radius 1 is 1.21 bits per heavy atom. The van der Waals surface area contributed by atoms with Crippen molar-refractivity contribution in [3.05, 3.63) is 64.2 Å². The molecule has 0 spiro atoms. The van der Waals surface area contributed by atoms with Crippen LogP contribution in [0, 0.1) is 5.82 Å². The minimum Gasteiger partial charge on any atom is -0.319 e. The largest absolute Gasteiger partial charge is 0.319 e. The number of benzene rings is 1. The van der Waals surface area contributed by atoms with Gasteiger partial charge < -0.3 is 9.55 Å². The summed E-state index contributed by atoms with van der Waals surface area (Å²) in [5, 5.41) is 0.537. The number of para-hydroxylation sites is 1. The highest BCUT2D eigenvalue weighted by Crippen LogP contribution is 2.48. The first-order valence-corrected chi connectivity index (χ1v) is 8.77. The second kappa shape index (κ2) is 6.84. The molecule has 3 heterocycles. The number of rotatable bonds is 3. The molecule has 29 heavy (non-hydrogen) atoms. The van der Waals surface area contributed by atoms with Crippen LogP contribution >= 0.6 is 12.4 Å². The summed E-state index contributed by atoms with van der Waals surface area (Å²) >= 11 is 0. The van der Waals surface area contributed by atoms with Crippen LogP contribution in [-0.4, -0.2) is 30.4 Å². The maximum atomic E-state index is 14.1. The van der Waals surface area contributed by atoms with Gasteiger partial charge in [-0.2, -0.15) is 0 Å². The topological polar surface area (TPSA) is 76.5 Å². The highest BCUT2D eigenvalue weighted by atomic mass is 35.5. The van der Waals surface area contributed by atoms with Crippen molar-refractivity contribution in [1.82, 2.24) is 24.5 Å². The Morgan fingerprint density at radius 3 is 2.72 bits per heavy atom. The molecular formula is C19H15ClF3N5O. The van der Waals surface area contributed by atoms with Crippen LogP contribution in [0.2, 0.25) is 0 Å².